The Morgan fingerprint density at radius 1 is 1.36 bits per heavy atom. The fourth-order valence-electron chi connectivity index (χ4n) is 1.07. The molecule has 1 aromatic carbocycles. The maximum absolute atomic E-state index is 12.2. The van der Waals surface area contributed by atoms with Crippen molar-refractivity contribution in [2.45, 2.75) is 12.8 Å². The number of halogens is 3. The van der Waals surface area contributed by atoms with E-state index in [1.807, 2.05) is 0 Å². The molecule has 0 amide bonds. The molecule has 0 bridgehead atoms. The fourth-order valence-corrected chi connectivity index (χ4v) is 1.07. The Bertz CT molecular complexity index is 344. The van der Waals surface area contributed by atoms with Crippen LogP contribution in [0.25, 0.3) is 0 Å². The van der Waals surface area contributed by atoms with E-state index < -0.39 is 17.3 Å². The molecule has 0 unspecified atom stereocenters. The van der Waals surface area contributed by atoms with Gasteiger partial charge >= 0.3 is 6.18 Å². The van der Waals surface area contributed by atoms with Crippen molar-refractivity contribution in [2.75, 3.05) is 0 Å². The van der Waals surface area contributed by atoms with Crippen LogP contribution in [0.5, 0.6) is 0 Å². The summed E-state index contributed by atoms with van der Waals surface area (Å²) in [5.41, 5.74) is -1.16. The summed E-state index contributed by atoms with van der Waals surface area (Å²) >= 11 is 0. The quantitative estimate of drug-likeness (QED) is 0.748. The number of benzene rings is 1. The number of aliphatic hydroxyl groups excluding tert-OH is 1. The van der Waals surface area contributed by atoms with Gasteiger partial charge in [0.05, 0.1) is 12.2 Å². The second-order valence-corrected chi connectivity index (χ2v) is 2.70. The molecule has 1 N–H and O–H groups in total. The molecule has 0 atom stereocenters. The largest absolute Gasteiger partial charge is 0.417 e. The van der Waals surface area contributed by atoms with E-state index in [0.29, 0.717) is 0 Å². The van der Waals surface area contributed by atoms with Crippen molar-refractivity contribution in [3.63, 3.8) is 0 Å². The minimum Gasteiger partial charge on any atom is -0.392 e. The van der Waals surface area contributed by atoms with Gasteiger partial charge in [0, 0.05) is 5.56 Å². The summed E-state index contributed by atoms with van der Waals surface area (Å²) in [7, 11) is 0. The van der Waals surface area contributed by atoms with Crippen LogP contribution in [0.3, 0.4) is 0 Å². The molecule has 1 rings (SSSR count). The number of rotatable bonds is 2. The summed E-state index contributed by atoms with van der Waals surface area (Å²) in [4.78, 5) is 10.4. The normalized spacial score (nSPS) is 11.4. The molecule has 14 heavy (non-hydrogen) atoms. The highest BCUT2D eigenvalue weighted by Gasteiger charge is 2.33. The molecule has 0 fully saturated rings. The van der Waals surface area contributed by atoms with Gasteiger partial charge in [-0.05, 0) is 17.7 Å². The van der Waals surface area contributed by atoms with Crippen molar-refractivity contribution < 1.29 is 23.1 Å². The van der Waals surface area contributed by atoms with E-state index in [2.05, 4.69) is 0 Å². The highest BCUT2D eigenvalue weighted by molar-refractivity contribution is 5.78. The van der Waals surface area contributed by atoms with Gasteiger partial charge in [-0.3, -0.25) is 4.79 Å². The predicted molar refractivity (Wildman–Crippen MR) is 42.8 cm³/mol. The second kappa shape index (κ2) is 3.79. The lowest BCUT2D eigenvalue weighted by atomic mass is 10.0. The summed E-state index contributed by atoms with van der Waals surface area (Å²) in [5.74, 6) is 0. The van der Waals surface area contributed by atoms with Crippen LogP contribution in [0.1, 0.15) is 21.5 Å². The number of alkyl halides is 3. The molecule has 0 saturated carbocycles. The topological polar surface area (TPSA) is 37.3 Å². The standard InChI is InChI=1S/C9H7F3O2/c10-9(11,12)8-2-1-6(4-13)3-7(8)5-14/h1-3,5,13H,4H2. The van der Waals surface area contributed by atoms with Crippen molar-refractivity contribution in [1.82, 2.24) is 0 Å². The van der Waals surface area contributed by atoms with Gasteiger partial charge in [0.1, 0.15) is 0 Å². The highest BCUT2D eigenvalue weighted by atomic mass is 19.4. The van der Waals surface area contributed by atoms with Crippen LogP contribution in [0.2, 0.25) is 0 Å². The summed E-state index contributed by atoms with van der Waals surface area (Å²) in [6.45, 7) is -0.390. The number of aliphatic hydroxyl groups is 1. The summed E-state index contributed by atoms with van der Waals surface area (Å²) < 4.78 is 36.7. The first-order valence-corrected chi connectivity index (χ1v) is 3.75. The monoisotopic (exact) mass is 204 g/mol. The van der Waals surface area contributed by atoms with Gasteiger partial charge in [0.25, 0.3) is 0 Å². The zero-order valence-electron chi connectivity index (χ0n) is 7.01. The van der Waals surface area contributed by atoms with Gasteiger partial charge in [-0.2, -0.15) is 13.2 Å². The van der Waals surface area contributed by atoms with Gasteiger partial charge in [0.2, 0.25) is 0 Å². The van der Waals surface area contributed by atoms with E-state index >= 15 is 0 Å². The summed E-state index contributed by atoms with van der Waals surface area (Å²) in [6.07, 6.45) is -4.41. The van der Waals surface area contributed by atoms with Crippen molar-refractivity contribution >= 4 is 6.29 Å². The van der Waals surface area contributed by atoms with Crippen molar-refractivity contribution in [3.05, 3.63) is 34.9 Å². The molecule has 0 aliphatic rings. The Morgan fingerprint density at radius 3 is 2.43 bits per heavy atom. The lowest BCUT2D eigenvalue weighted by Gasteiger charge is -2.09. The smallest absolute Gasteiger partial charge is 0.392 e. The molecule has 0 aromatic heterocycles. The first kappa shape index (κ1) is 10.7. The van der Waals surface area contributed by atoms with Gasteiger partial charge in [-0.1, -0.05) is 6.07 Å². The lowest BCUT2D eigenvalue weighted by molar-refractivity contribution is -0.137. The van der Waals surface area contributed by atoms with E-state index in [4.69, 9.17) is 5.11 Å². The Morgan fingerprint density at radius 2 is 2.00 bits per heavy atom. The number of hydrogen-bond acceptors (Lipinski definition) is 2. The molecular formula is C9H7F3O2. The molecule has 5 heteroatoms. The van der Waals surface area contributed by atoms with E-state index in [1.165, 1.54) is 0 Å². The Kier molecular flexibility index (Phi) is 2.90. The van der Waals surface area contributed by atoms with Crippen molar-refractivity contribution in [2.24, 2.45) is 0 Å². The molecular weight excluding hydrogens is 197 g/mol. The average Bonchev–Trinajstić information content (AvgIpc) is 2.15. The number of aldehydes is 1. The molecule has 0 radical (unpaired) electrons. The van der Waals surface area contributed by atoms with Gasteiger partial charge < -0.3 is 5.11 Å². The Hall–Kier alpha value is -1.36. The van der Waals surface area contributed by atoms with E-state index in [0.717, 1.165) is 18.2 Å². The summed E-state index contributed by atoms with van der Waals surface area (Å²) in [6, 6.07) is 2.95. The van der Waals surface area contributed by atoms with Crippen LogP contribution in [0, 0.1) is 0 Å². The first-order chi connectivity index (χ1) is 6.49. The molecule has 76 valence electrons. The lowest BCUT2D eigenvalue weighted by Crippen LogP contribution is -2.09. The third-order valence-electron chi connectivity index (χ3n) is 1.73. The predicted octanol–water partition coefficient (Wildman–Crippen LogP) is 2.01. The second-order valence-electron chi connectivity index (χ2n) is 2.70. The third-order valence-corrected chi connectivity index (χ3v) is 1.73. The van der Waals surface area contributed by atoms with Crippen molar-refractivity contribution in [1.29, 1.82) is 0 Å². The van der Waals surface area contributed by atoms with Gasteiger partial charge in [-0.15, -0.1) is 0 Å². The van der Waals surface area contributed by atoms with Crippen LogP contribution in [-0.2, 0) is 12.8 Å². The van der Waals surface area contributed by atoms with E-state index in [1.54, 1.807) is 0 Å². The maximum atomic E-state index is 12.2. The molecule has 0 aliphatic carbocycles. The SMILES string of the molecule is O=Cc1cc(CO)ccc1C(F)(F)F. The van der Waals surface area contributed by atoms with Crippen LogP contribution in [-0.4, -0.2) is 11.4 Å². The maximum Gasteiger partial charge on any atom is 0.417 e. The van der Waals surface area contributed by atoms with Crippen LogP contribution in [0.15, 0.2) is 18.2 Å². The molecule has 1 aromatic rings. The minimum atomic E-state index is -4.54. The zero-order valence-corrected chi connectivity index (χ0v) is 7.01. The number of carbonyl (C=O) groups excluding carboxylic acids is 1. The van der Waals surface area contributed by atoms with Crippen LogP contribution < -0.4 is 0 Å². The first-order valence-electron chi connectivity index (χ1n) is 3.75. The van der Waals surface area contributed by atoms with E-state index in [9.17, 15) is 18.0 Å². The van der Waals surface area contributed by atoms with Crippen LogP contribution >= 0.6 is 0 Å². The molecule has 0 spiro atoms. The van der Waals surface area contributed by atoms with E-state index in [-0.39, 0.29) is 18.5 Å². The third kappa shape index (κ3) is 2.11. The minimum absolute atomic E-state index is 0.127. The van der Waals surface area contributed by atoms with Gasteiger partial charge in [-0.25, -0.2) is 0 Å². The Labute approximate surface area is 78.0 Å². The Balaban J connectivity index is 3.25. The highest BCUT2D eigenvalue weighted by Crippen LogP contribution is 2.31. The van der Waals surface area contributed by atoms with Crippen LogP contribution in [0.4, 0.5) is 13.2 Å². The molecule has 0 heterocycles. The number of hydrogen-bond donors (Lipinski definition) is 1. The molecule has 2 nitrogen and oxygen atoms in total. The fraction of sp³-hybridized carbons (Fsp3) is 0.222. The summed E-state index contributed by atoms with van der Waals surface area (Å²) in [5, 5.41) is 8.65. The number of carbonyl (C=O) groups is 1. The molecule has 0 aliphatic heterocycles. The van der Waals surface area contributed by atoms with Crippen molar-refractivity contribution in [3.8, 4) is 0 Å². The zero-order chi connectivity index (χ0) is 10.8. The average molecular weight is 204 g/mol. The van der Waals surface area contributed by atoms with Gasteiger partial charge in [0.15, 0.2) is 6.29 Å². The molecule has 0 saturated heterocycles.